The molecule has 7 heteroatoms. The standard InChI is InChI=1S/C28H26N2O5/c1-28(2,3)20-9-5-17(6-10-20)23-22(24(31)18-13-15-29-16-14-18)25(32)26(33)30(23)21-11-7-19(8-12-21)27(34)35-4/h5-16,23,31H,1-4H3/b24-22+. The Bertz CT molecular complexity index is 1300. The third-order valence-electron chi connectivity index (χ3n) is 6.06. The predicted octanol–water partition coefficient (Wildman–Crippen LogP) is 4.79. The van der Waals surface area contributed by atoms with Crippen LogP contribution in [0.2, 0.25) is 0 Å². The maximum absolute atomic E-state index is 13.3. The Balaban J connectivity index is 1.89. The van der Waals surface area contributed by atoms with Gasteiger partial charge in [0.15, 0.2) is 0 Å². The number of hydrogen-bond acceptors (Lipinski definition) is 6. The van der Waals surface area contributed by atoms with Crippen LogP contribution >= 0.6 is 0 Å². The largest absolute Gasteiger partial charge is 0.507 e. The fraction of sp³-hybridized carbons (Fsp3) is 0.214. The van der Waals surface area contributed by atoms with E-state index in [-0.39, 0.29) is 16.7 Å². The van der Waals surface area contributed by atoms with Crippen LogP contribution in [-0.4, -0.2) is 34.9 Å². The molecule has 178 valence electrons. The van der Waals surface area contributed by atoms with Gasteiger partial charge < -0.3 is 9.84 Å². The minimum atomic E-state index is -0.860. The van der Waals surface area contributed by atoms with Crippen molar-refractivity contribution in [2.24, 2.45) is 0 Å². The first-order valence-corrected chi connectivity index (χ1v) is 11.1. The van der Waals surface area contributed by atoms with Crippen molar-refractivity contribution in [3.63, 3.8) is 0 Å². The summed E-state index contributed by atoms with van der Waals surface area (Å²) in [6, 6.07) is 16.2. The molecule has 3 aromatic rings. The van der Waals surface area contributed by atoms with Crippen LogP contribution in [0.5, 0.6) is 0 Å². The van der Waals surface area contributed by atoms with Gasteiger partial charge in [0.2, 0.25) is 0 Å². The number of ketones is 1. The Kier molecular flexibility index (Phi) is 6.26. The zero-order valence-corrected chi connectivity index (χ0v) is 20.0. The summed E-state index contributed by atoms with van der Waals surface area (Å²) >= 11 is 0. The Morgan fingerprint density at radius 3 is 2.06 bits per heavy atom. The average molecular weight is 471 g/mol. The van der Waals surface area contributed by atoms with E-state index in [0.29, 0.717) is 22.4 Å². The monoisotopic (exact) mass is 470 g/mol. The molecule has 1 aliphatic heterocycles. The number of rotatable bonds is 4. The first-order chi connectivity index (χ1) is 16.6. The highest BCUT2D eigenvalue weighted by Gasteiger charge is 2.47. The second-order valence-corrected chi connectivity index (χ2v) is 9.32. The Morgan fingerprint density at radius 2 is 1.51 bits per heavy atom. The van der Waals surface area contributed by atoms with Crippen molar-refractivity contribution in [1.82, 2.24) is 4.98 Å². The quantitative estimate of drug-likeness (QED) is 0.255. The van der Waals surface area contributed by atoms with Crippen molar-refractivity contribution >= 4 is 29.1 Å². The number of aliphatic hydroxyl groups is 1. The van der Waals surface area contributed by atoms with Crippen molar-refractivity contribution in [3.8, 4) is 0 Å². The highest BCUT2D eigenvalue weighted by atomic mass is 16.5. The van der Waals surface area contributed by atoms with E-state index < -0.39 is 23.7 Å². The van der Waals surface area contributed by atoms with Gasteiger partial charge in [-0.2, -0.15) is 0 Å². The average Bonchev–Trinajstić information content (AvgIpc) is 3.13. The summed E-state index contributed by atoms with van der Waals surface area (Å²) in [5, 5.41) is 11.1. The van der Waals surface area contributed by atoms with Gasteiger partial charge >= 0.3 is 5.97 Å². The highest BCUT2D eigenvalue weighted by molar-refractivity contribution is 6.51. The molecule has 2 heterocycles. The fourth-order valence-corrected chi connectivity index (χ4v) is 4.12. The van der Waals surface area contributed by atoms with E-state index >= 15 is 0 Å². The van der Waals surface area contributed by atoms with E-state index in [4.69, 9.17) is 4.74 Å². The molecule has 0 saturated carbocycles. The van der Waals surface area contributed by atoms with Crippen LogP contribution < -0.4 is 4.90 Å². The van der Waals surface area contributed by atoms with Crippen LogP contribution in [0.4, 0.5) is 5.69 Å². The minimum Gasteiger partial charge on any atom is -0.507 e. The first kappa shape index (κ1) is 23.9. The lowest BCUT2D eigenvalue weighted by atomic mass is 9.85. The van der Waals surface area contributed by atoms with Gasteiger partial charge in [-0.1, -0.05) is 45.0 Å². The Morgan fingerprint density at radius 1 is 0.914 bits per heavy atom. The van der Waals surface area contributed by atoms with Gasteiger partial charge in [0.25, 0.3) is 11.7 Å². The molecule has 1 saturated heterocycles. The number of Topliss-reactive ketones (excluding diaryl/α,β-unsaturated/α-hetero) is 1. The van der Waals surface area contributed by atoms with Crippen LogP contribution in [0.3, 0.4) is 0 Å². The molecule has 1 fully saturated rings. The number of carbonyl (C=O) groups excluding carboxylic acids is 3. The van der Waals surface area contributed by atoms with Crippen LogP contribution in [0, 0.1) is 0 Å². The smallest absolute Gasteiger partial charge is 0.337 e. The number of carbonyl (C=O) groups is 3. The molecule has 35 heavy (non-hydrogen) atoms. The van der Waals surface area contributed by atoms with Gasteiger partial charge in [0, 0.05) is 23.6 Å². The molecule has 1 aliphatic rings. The number of amides is 1. The van der Waals surface area contributed by atoms with Crippen molar-refractivity contribution < 1.29 is 24.2 Å². The number of ether oxygens (including phenoxy) is 1. The number of nitrogens with zero attached hydrogens (tertiary/aromatic N) is 2. The van der Waals surface area contributed by atoms with E-state index in [2.05, 4.69) is 25.8 Å². The summed E-state index contributed by atoms with van der Waals surface area (Å²) in [6.07, 6.45) is 3.01. The van der Waals surface area contributed by atoms with Crippen LogP contribution in [-0.2, 0) is 19.7 Å². The number of esters is 1. The molecular formula is C28H26N2O5. The summed E-state index contributed by atoms with van der Waals surface area (Å²) in [5.41, 5.74) is 2.78. The molecule has 1 amide bonds. The molecule has 0 bridgehead atoms. The van der Waals surface area contributed by atoms with E-state index in [9.17, 15) is 19.5 Å². The number of methoxy groups -OCH3 is 1. The molecule has 0 spiro atoms. The molecule has 0 aliphatic carbocycles. The van der Waals surface area contributed by atoms with Gasteiger partial charge in [-0.25, -0.2) is 4.79 Å². The SMILES string of the molecule is COC(=O)c1ccc(N2C(=O)C(=O)/C(=C(/O)c3ccncc3)C2c2ccc(C(C)(C)C)cc2)cc1. The van der Waals surface area contributed by atoms with Crippen molar-refractivity contribution in [2.45, 2.75) is 32.2 Å². The molecule has 0 radical (unpaired) electrons. The topological polar surface area (TPSA) is 96.8 Å². The zero-order valence-electron chi connectivity index (χ0n) is 20.0. The molecule has 1 unspecified atom stereocenters. The zero-order chi connectivity index (χ0) is 25.3. The maximum Gasteiger partial charge on any atom is 0.337 e. The summed E-state index contributed by atoms with van der Waals surface area (Å²) in [5.74, 6) is -2.34. The van der Waals surface area contributed by atoms with Gasteiger partial charge in [0.1, 0.15) is 5.76 Å². The van der Waals surface area contributed by atoms with Gasteiger partial charge in [-0.3, -0.25) is 19.5 Å². The van der Waals surface area contributed by atoms with E-state index in [1.165, 1.54) is 36.5 Å². The van der Waals surface area contributed by atoms with Crippen molar-refractivity contribution in [2.75, 3.05) is 12.0 Å². The lowest BCUT2D eigenvalue weighted by molar-refractivity contribution is -0.132. The van der Waals surface area contributed by atoms with Crippen LogP contribution in [0.15, 0.2) is 78.6 Å². The Hall–Kier alpha value is -4.26. The van der Waals surface area contributed by atoms with Crippen LogP contribution in [0.1, 0.15) is 53.9 Å². The first-order valence-electron chi connectivity index (χ1n) is 11.1. The third kappa shape index (κ3) is 4.45. The van der Waals surface area contributed by atoms with Gasteiger partial charge in [-0.15, -0.1) is 0 Å². The summed E-state index contributed by atoms with van der Waals surface area (Å²) in [4.78, 5) is 43.7. The number of benzene rings is 2. The normalized spacial score (nSPS) is 17.5. The lowest BCUT2D eigenvalue weighted by Gasteiger charge is -2.26. The second-order valence-electron chi connectivity index (χ2n) is 9.32. The number of anilines is 1. The van der Waals surface area contributed by atoms with E-state index in [1.807, 2.05) is 24.3 Å². The Labute approximate surface area is 203 Å². The highest BCUT2D eigenvalue weighted by Crippen LogP contribution is 2.42. The van der Waals surface area contributed by atoms with E-state index in [0.717, 1.165) is 5.56 Å². The minimum absolute atomic E-state index is 0.0123. The number of pyridine rings is 1. The summed E-state index contributed by atoms with van der Waals surface area (Å²) in [7, 11) is 1.29. The molecule has 1 aromatic heterocycles. The van der Waals surface area contributed by atoms with Crippen molar-refractivity contribution in [3.05, 3.63) is 101 Å². The van der Waals surface area contributed by atoms with E-state index in [1.54, 1.807) is 24.3 Å². The van der Waals surface area contributed by atoms with Crippen LogP contribution in [0.25, 0.3) is 5.76 Å². The molecular weight excluding hydrogens is 444 g/mol. The molecule has 2 aromatic carbocycles. The molecule has 1 N–H and O–H groups in total. The third-order valence-corrected chi connectivity index (χ3v) is 6.06. The summed E-state index contributed by atoms with van der Waals surface area (Å²) in [6.45, 7) is 6.29. The van der Waals surface area contributed by atoms with Gasteiger partial charge in [-0.05, 0) is 52.9 Å². The maximum atomic E-state index is 13.3. The van der Waals surface area contributed by atoms with Crippen molar-refractivity contribution in [1.29, 1.82) is 0 Å². The molecule has 1 atom stereocenters. The second kappa shape index (κ2) is 9.18. The fourth-order valence-electron chi connectivity index (χ4n) is 4.12. The number of aromatic nitrogens is 1. The summed E-state index contributed by atoms with van der Waals surface area (Å²) < 4.78 is 4.75. The molecule has 7 nitrogen and oxygen atoms in total. The molecule has 4 rings (SSSR count). The number of hydrogen-bond donors (Lipinski definition) is 1. The van der Waals surface area contributed by atoms with Gasteiger partial charge in [0.05, 0.1) is 24.3 Å². The number of aliphatic hydroxyl groups excluding tert-OH is 1. The lowest BCUT2D eigenvalue weighted by Crippen LogP contribution is -2.29. The predicted molar refractivity (Wildman–Crippen MR) is 132 cm³/mol.